The van der Waals surface area contributed by atoms with Crippen LogP contribution in [-0.4, -0.2) is 15.2 Å². The second kappa shape index (κ2) is 4.39. The highest BCUT2D eigenvalue weighted by atomic mass is 15.2. The van der Waals surface area contributed by atoms with Gasteiger partial charge in [0.2, 0.25) is 0 Å². The summed E-state index contributed by atoms with van der Waals surface area (Å²) in [4.78, 5) is 4.52. The third-order valence-electron chi connectivity index (χ3n) is 3.03. The predicted molar refractivity (Wildman–Crippen MR) is 77.8 cm³/mol. The Balaban J connectivity index is 2.03. The fraction of sp³-hybridized carbons (Fsp3) is 0.200. The van der Waals surface area contributed by atoms with Crippen molar-refractivity contribution < 1.29 is 0 Å². The van der Waals surface area contributed by atoms with E-state index >= 15 is 0 Å². The average molecular weight is 252 g/mol. The van der Waals surface area contributed by atoms with E-state index in [-0.39, 0.29) is 0 Å². The number of nitrogens with zero attached hydrogens (tertiary/aromatic N) is 2. The molecule has 0 fully saturated rings. The fourth-order valence-corrected chi connectivity index (χ4v) is 2.27. The number of nitrogens with one attached hydrogen (secondary N) is 2. The molecule has 2 N–H and O–H groups in total. The second-order valence-corrected chi connectivity index (χ2v) is 4.92. The van der Waals surface area contributed by atoms with E-state index in [1.807, 2.05) is 19.1 Å². The lowest BCUT2D eigenvalue weighted by Crippen LogP contribution is -1.93. The maximum Gasteiger partial charge on any atom is 0.178 e. The van der Waals surface area contributed by atoms with E-state index in [4.69, 9.17) is 0 Å². The highest BCUT2D eigenvalue weighted by Gasteiger charge is 2.07. The SMILES string of the molecule is Cc1cc(C)cc(Nc2n[nH]c3ccc(C)nc23)c1. The van der Waals surface area contributed by atoms with Crippen molar-refractivity contribution in [2.24, 2.45) is 0 Å². The van der Waals surface area contributed by atoms with E-state index in [1.165, 1.54) is 11.1 Å². The molecule has 0 unspecified atom stereocenters. The van der Waals surface area contributed by atoms with Gasteiger partial charge in [-0.3, -0.25) is 5.10 Å². The summed E-state index contributed by atoms with van der Waals surface area (Å²) in [6, 6.07) is 10.3. The van der Waals surface area contributed by atoms with Crippen molar-refractivity contribution in [2.45, 2.75) is 20.8 Å². The molecular formula is C15H16N4. The summed E-state index contributed by atoms with van der Waals surface area (Å²) in [6.45, 7) is 6.15. The zero-order chi connectivity index (χ0) is 13.4. The molecule has 0 bridgehead atoms. The Morgan fingerprint density at radius 2 is 1.74 bits per heavy atom. The van der Waals surface area contributed by atoms with Crippen molar-refractivity contribution in [1.82, 2.24) is 15.2 Å². The van der Waals surface area contributed by atoms with Gasteiger partial charge in [-0.05, 0) is 56.2 Å². The lowest BCUT2D eigenvalue weighted by atomic mass is 10.1. The van der Waals surface area contributed by atoms with E-state index in [0.29, 0.717) is 0 Å². The quantitative estimate of drug-likeness (QED) is 0.732. The van der Waals surface area contributed by atoms with Crippen LogP contribution in [0.5, 0.6) is 0 Å². The molecule has 0 aliphatic carbocycles. The Bertz CT molecular complexity index is 723. The molecule has 2 aromatic heterocycles. The van der Waals surface area contributed by atoms with Crippen LogP contribution in [0, 0.1) is 20.8 Å². The van der Waals surface area contributed by atoms with Crippen molar-refractivity contribution >= 4 is 22.5 Å². The molecule has 1 aromatic carbocycles. The number of fused-ring (bicyclic) bond motifs is 1. The van der Waals surface area contributed by atoms with E-state index in [0.717, 1.165) is 28.2 Å². The van der Waals surface area contributed by atoms with Gasteiger partial charge in [-0.15, -0.1) is 0 Å². The third-order valence-corrected chi connectivity index (χ3v) is 3.03. The standard InChI is InChI=1S/C15H16N4/c1-9-6-10(2)8-12(7-9)17-15-14-13(18-19-15)5-4-11(3)16-14/h4-8H,1-3H3,(H2,17,18,19). The molecule has 2 heterocycles. The average Bonchev–Trinajstić information content (AvgIpc) is 2.70. The maximum absolute atomic E-state index is 4.52. The van der Waals surface area contributed by atoms with Crippen molar-refractivity contribution in [3.63, 3.8) is 0 Å². The summed E-state index contributed by atoms with van der Waals surface area (Å²) >= 11 is 0. The summed E-state index contributed by atoms with van der Waals surface area (Å²) < 4.78 is 0. The minimum absolute atomic E-state index is 0.767. The smallest absolute Gasteiger partial charge is 0.178 e. The first-order chi connectivity index (χ1) is 9.11. The summed E-state index contributed by atoms with van der Waals surface area (Å²) in [6.07, 6.45) is 0. The summed E-state index contributed by atoms with van der Waals surface area (Å²) in [7, 11) is 0. The van der Waals surface area contributed by atoms with Crippen LogP contribution in [0.25, 0.3) is 11.0 Å². The monoisotopic (exact) mass is 252 g/mol. The van der Waals surface area contributed by atoms with Gasteiger partial charge in [-0.2, -0.15) is 5.10 Å². The van der Waals surface area contributed by atoms with Gasteiger partial charge in [0.15, 0.2) is 5.82 Å². The molecule has 0 radical (unpaired) electrons. The number of pyridine rings is 1. The van der Waals surface area contributed by atoms with Gasteiger partial charge in [-0.1, -0.05) is 6.07 Å². The van der Waals surface area contributed by atoms with Gasteiger partial charge in [-0.25, -0.2) is 4.98 Å². The number of hydrogen-bond acceptors (Lipinski definition) is 3. The van der Waals surface area contributed by atoms with Gasteiger partial charge >= 0.3 is 0 Å². The van der Waals surface area contributed by atoms with Crippen LogP contribution in [0.4, 0.5) is 11.5 Å². The number of benzene rings is 1. The van der Waals surface area contributed by atoms with Crippen LogP contribution < -0.4 is 5.32 Å². The first-order valence-electron chi connectivity index (χ1n) is 6.29. The number of rotatable bonds is 2. The van der Waals surface area contributed by atoms with Gasteiger partial charge in [0.1, 0.15) is 5.52 Å². The molecule has 0 saturated heterocycles. The van der Waals surface area contributed by atoms with Crippen molar-refractivity contribution in [2.75, 3.05) is 5.32 Å². The number of aromatic nitrogens is 3. The normalized spacial score (nSPS) is 10.9. The minimum atomic E-state index is 0.767. The van der Waals surface area contributed by atoms with Crippen molar-refractivity contribution in [1.29, 1.82) is 0 Å². The third kappa shape index (κ3) is 2.29. The molecule has 96 valence electrons. The van der Waals surface area contributed by atoms with Gasteiger partial charge in [0.25, 0.3) is 0 Å². The van der Waals surface area contributed by atoms with Crippen LogP contribution in [-0.2, 0) is 0 Å². The van der Waals surface area contributed by atoms with Crippen LogP contribution in [0.1, 0.15) is 16.8 Å². The lowest BCUT2D eigenvalue weighted by Gasteiger charge is -2.06. The van der Waals surface area contributed by atoms with E-state index < -0.39 is 0 Å². The Kier molecular flexibility index (Phi) is 2.71. The summed E-state index contributed by atoms with van der Waals surface area (Å²) in [5.41, 5.74) is 6.29. The molecule has 3 rings (SSSR count). The number of hydrogen-bond donors (Lipinski definition) is 2. The Labute approximate surface area is 111 Å². The Morgan fingerprint density at radius 1 is 1.00 bits per heavy atom. The van der Waals surface area contributed by atoms with Crippen LogP contribution >= 0.6 is 0 Å². The first-order valence-corrected chi connectivity index (χ1v) is 6.29. The molecular weight excluding hydrogens is 236 g/mol. The fourth-order valence-electron chi connectivity index (χ4n) is 2.27. The van der Waals surface area contributed by atoms with Crippen LogP contribution in [0.15, 0.2) is 30.3 Å². The number of aryl methyl sites for hydroxylation is 3. The molecule has 0 aliphatic rings. The zero-order valence-corrected chi connectivity index (χ0v) is 11.3. The zero-order valence-electron chi connectivity index (χ0n) is 11.3. The van der Waals surface area contributed by atoms with Gasteiger partial charge in [0, 0.05) is 11.4 Å². The summed E-state index contributed by atoms with van der Waals surface area (Å²) in [5.74, 6) is 0.767. The highest BCUT2D eigenvalue weighted by Crippen LogP contribution is 2.23. The number of anilines is 2. The maximum atomic E-state index is 4.52. The molecule has 3 aromatic rings. The highest BCUT2D eigenvalue weighted by molar-refractivity contribution is 5.87. The lowest BCUT2D eigenvalue weighted by molar-refractivity contribution is 1.12. The topological polar surface area (TPSA) is 53.6 Å². The molecule has 0 atom stereocenters. The molecule has 0 amide bonds. The van der Waals surface area contributed by atoms with Crippen LogP contribution in [0.3, 0.4) is 0 Å². The molecule has 0 spiro atoms. The molecule has 0 saturated carbocycles. The molecule has 4 heteroatoms. The van der Waals surface area contributed by atoms with Crippen LogP contribution in [0.2, 0.25) is 0 Å². The predicted octanol–water partition coefficient (Wildman–Crippen LogP) is 3.63. The Morgan fingerprint density at radius 3 is 2.47 bits per heavy atom. The number of aromatic amines is 1. The Hall–Kier alpha value is -2.36. The van der Waals surface area contributed by atoms with E-state index in [1.54, 1.807) is 0 Å². The molecule has 0 aliphatic heterocycles. The van der Waals surface area contributed by atoms with E-state index in [9.17, 15) is 0 Å². The first kappa shape index (κ1) is 11.7. The van der Waals surface area contributed by atoms with Gasteiger partial charge in [0.05, 0.1) is 5.52 Å². The van der Waals surface area contributed by atoms with Crippen molar-refractivity contribution in [3.8, 4) is 0 Å². The molecule has 4 nitrogen and oxygen atoms in total. The second-order valence-electron chi connectivity index (χ2n) is 4.92. The van der Waals surface area contributed by atoms with Gasteiger partial charge < -0.3 is 5.32 Å². The molecule has 19 heavy (non-hydrogen) atoms. The number of H-pyrrole nitrogens is 1. The minimum Gasteiger partial charge on any atom is -0.337 e. The van der Waals surface area contributed by atoms with E-state index in [2.05, 4.69) is 52.5 Å². The largest absolute Gasteiger partial charge is 0.337 e. The van der Waals surface area contributed by atoms with Crippen molar-refractivity contribution in [3.05, 3.63) is 47.2 Å². The summed E-state index contributed by atoms with van der Waals surface area (Å²) in [5, 5.41) is 10.6.